The molecular weight excluding hydrogens is 1350 g/mol. The first kappa shape index (κ1) is 75.7. The maximum absolute atomic E-state index is 14.6. The summed E-state index contributed by atoms with van der Waals surface area (Å²) in [7, 11) is 0. The third-order valence-corrected chi connectivity index (χ3v) is 18.8. The normalized spacial score (nSPS) is 34.2. The number of nitrogens with one attached hydrogen (secondary N) is 4. The summed E-state index contributed by atoms with van der Waals surface area (Å²) in [4.78, 5) is 70.4. The molecule has 0 bridgehead atoms. The van der Waals surface area contributed by atoms with Gasteiger partial charge in [0.25, 0.3) is 5.91 Å². The second-order valence-electron chi connectivity index (χ2n) is 25.8. The van der Waals surface area contributed by atoms with Gasteiger partial charge >= 0.3 is 0 Å². The molecule has 24 atom stereocenters. The Morgan fingerprint density at radius 1 is 0.600 bits per heavy atom. The van der Waals surface area contributed by atoms with E-state index in [4.69, 9.17) is 33.2 Å². The van der Waals surface area contributed by atoms with Crippen LogP contribution in [-0.4, -0.2) is 272 Å². The van der Waals surface area contributed by atoms with E-state index in [1.165, 1.54) is 6.92 Å². The molecule has 2 saturated carbocycles. The Bertz CT molecular complexity index is 3490. The minimum Gasteiger partial charge on any atom is -0.394 e. The third-order valence-electron chi connectivity index (χ3n) is 18.8. The van der Waals surface area contributed by atoms with Crippen molar-refractivity contribution in [3.63, 3.8) is 0 Å². The number of halogens is 6. The van der Waals surface area contributed by atoms with Gasteiger partial charge in [0.2, 0.25) is 23.6 Å². The first-order valence-corrected chi connectivity index (χ1v) is 32.7. The number of aliphatic hydroxyl groups is 9. The molecule has 4 aromatic rings. The minimum absolute atomic E-state index is 0.185. The Balaban J connectivity index is 0.880. The fourth-order valence-electron chi connectivity index (χ4n) is 13.4. The number of carbonyl (C=O) groups excluding carboxylic acids is 5. The van der Waals surface area contributed by atoms with E-state index < -0.39 is 225 Å². The largest absolute Gasteiger partial charge is 0.394 e. The number of aromatic nitrogens is 6. The van der Waals surface area contributed by atoms with Gasteiger partial charge in [-0.25, -0.2) is 35.7 Å². The van der Waals surface area contributed by atoms with Crippen LogP contribution >= 0.6 is 0 Å². The average Bonchev–Trinajstić information content (AvgIpc) is 1.14. The van der Waals surface area contributed by atoms with E-state index in [1.807, 2.05) is 0 Å². The van der Waals surface area contributed by atoms with Gasteiger partial charge in [-0.3, -0.25) is 24.0 Å². The molecule has 4 aliphatic heterocycles. The van der Waals surface area contributed by atoms with Crippen molar-refractivity contribution in [3.05, 3.63) is 71.6 Å². The van der Waals surface area contributed by atoms with Crippen molar-refractivity contribution in [2.45, 2.75) is 207 Å². The monoisotopic (exact) mass is 1430 g/mol. The highest BCUT2D eigenvalue weighted by Gasteiger charge is 2.55. The second-order valence-corrected chi connectivity index (χ2v) is 25.8. The molecule has 552 valence electrons. The molecule has 5 amide bonds. The van der Waals surface area contributed by atoms with Crippen molar-refractivity contribution >= 4 is 29.5 Å². The number of hydrogen-bond donors (Lipinski definition) is 13. The molecule has 10 rings (SSSR count). The molecule has 2 aliphatic carbocycles. The van der Waals surface area contributed by atoms with Crippen molar-refractivity contribution in [3.8, 4) is 22.5 Å². The molecule has 2 aromatic heterocycles. The summed E-state index contributed by atoms with van der Waals surface area (Å²) < 4.78 is 131. The van der Waals surface area contributed by atoms with Crippen LogP contribution in [0.3, 0.4) is 0 Å². The molecule has 6 aliphatic rings. The lowest BCUT2D eigenvalue weighted by Gasteiger charge is -2.49. The summed E-state index contributed by atoms with van der Waals surface area (Å²) in [6, 6.07) is -3.11. The molecule has 15 unspecified atom stereocenters. The maximum Gasteiger partial charge on any atom is 0.251 e. The topological polar surface area (TPSA) is 445 Å². The minimum atomic E-state index is -1.99. The Hall–Kier alpha value is -6.99. The zero-order valence-electron chi connectivity index (χ0n) is 54.3. The lowest BCUT2D eigenvalue weighted by Crippen LogP contribution is -2.68. The molecule has 38 heteroatoms. The fraction of sp³-hybridized carbons (Fsp3) is 0.661. The van der Waals surface area contributed by atoms with Crippen LogP contribution in [0.15, 0.2) is 36.7 Å². The van der Waals surface area contributed by atoms with Gasteiger partial charge in [0, 0.05) is 63.0 Å². The molecular formula is C62H81F6N11O21. The van der Waals surface area contributed by atoms with Gasteiger partial charge in [0.05, 0.1) is 56.0 Å². The molecule has 4 saturated heterocycles. The number of amides is 5. The predicted octanol–water partition coefficient (Wildman–Crippen LogP) is -2.47. The summed E-state index contributed by atoms with van der Waals surface area (Å²) in [5, 5.41) is 127. The Morgan fingerprint density at radius 3 is 1.67 bits per heavy atom. The number of benzene rings is 2. The highest BCUT2D eigenvalue weighted by atomic mass is 19.2. The van der Waals surface area contributed by atoms with Crippen LogP contribution in [0.2, 0.25) is 0 Å². The molecule has 32 nitrogen and oxygen atoms in total. The molecule has 6 heterocycles. The van der Waals surface area contributed by atoms with E-state index in [0.29, 0.717) is 43.8 Å². The molecule has 2 aromatic carbocycles. The number of likely N-dealkylation sites (tertiary alicyclic amines) is 1. The van der Waals surface area contributed by atoms with Gasteiger partial charge in [-0.2, -0.15) is 0 Å². The number of ether oxygens (including phenoxy) is 7. The van der Waals surface area contributed by atoms with Crippen LogP contribution in [0.25, 0.3) is 22.5 Å². The number of hydrogen-bond acceptors (Lipinski definition) is 25. The number of rotatable bonds is 24. The van der Waals surface area contributed by atoms with Crippen LogP contribution in [0.4, 0.5) is 26.3 Å². The summed E-state index contributed by atoms with van der Waals surface area (Å²) in [6.45, 7) is 4.03. The van der Waals surface area contributed by atoms with Crippen molar-refractivity contribution in [1.82, 2.24) is 56.2 Å². The van der Waals surface area contributed by atoms with Crippen LogP contribution < -0.4 is 21.3 Å². The number of nitrogens with zero attached hydrogens (tertiary/aromatic N) is 7. The standard InChI is InChI=1S/C62H81F6N11O21/c1-5-7-39(59(93)77-10-6-11-77)95-56-46(72-26(4)83)60(98-43(23-81)51(56)87)97-41-19-29(16-35(71-25(3)82)55(41)100-62-54(90)53(89)48(84)24(2)94-62)57(91)69-8-9-70-58(92)30-17-38(78-20-36(73-75-78)27-12-31(63)44(67)32(64)13-27)49(85)40(18-30)96-61-52(88)47(50(86)42(22-80)99-61)79-21-37(74-76-79)28-14-33(65)45(68)34(66)15-28/h12-15,20-21,24,29-30,35,38-43,46-56,60-62,80-81,84-90H,5-11,16-19,22-23H2,1-4H3,(H,69,91)(H,70,92)(H,71,82)(H,72,83)/t24?,29?,30?,35?,38?,39-,40+,41+,42?,43?,46?,47?,48+,49?,50-,51-,52?,53?,54?,55?,56?,60+,61+,62-/m0/s1. The average molecular weight is 1430 g/mol. The first-order chi connectivity index (χ1) is 47.6. The SMILES string of the molecule is CCC[C@H](OC1C(NC(C)=O)[C@H](O[C@@H]2CC(C(=O)NCCNC(=O)C3CC(n4cc(-c5cc(F)c(F)c(F)c5)nn4)C(O)[C@H](O[C@@H]4OC(CO)[C@H](O)C(n5cc(-c6cc(F)c(F)c(F)c6)nn5)C4O)C3)CC(NC(C)=O)C2O[C@@H]2OC(C)[C@@H](O)C(O)C2O)OC(CO)[C@@H]1O)C(=O)N1CCC1. The zero-order chi connectivity index (χ0) is 72.3. The smallest absolute Gasteiger partial charge is 0.251 e. The summed E-state index contributed by atoms with van der Waals surface area (Å²) >= 11 is 0. The first-order valence-electron chi connectivity index (χ1n) is 32.7. The molecule has 6 fully saturated rings. The van der Waals surface area contributed by atoms with Crippen LogP contribution in [0, 0.1) is 46.7 Å². The van der Waals surface area contributed by atoms with Crippen molar-refractivity contribution < 1.29 is 129 Å². The quantitative estimate of drug-likeness (QED) is 0.0196. The van der Waals surface area contributed by atoms with Crippen molar-refractivity contribution in [1.29, 1.82) is 0 Å². The van der Waals surface area contributed by atoms with Gasteiger partial charge in [-0.05, 0) is 69.7 Å². The van der Waals surface area contributed by atoms with E-state index in [-0.39, 0.29) is 67.2 Å². The Morgan fingerprint density at radius 2 is 1.12 bits per heavy atom. The van der Waals surface area contributed by atoms with E-state index in [0.717, 1.165) is 42.0 Å². The Labute approximate surface area is 566 Å². The van der Waals surface area contributed by atoms with E-state index in [9.17, 15) is 96.3 Å². The molecule has 0 radical (unpaired) electrons. The summed E-state index contributed by atoms with van der Waals surface area (Å²) in [5.74, 6) is -15.3. The fourth-order valence-corrected chi connectivity index (χ4v) is 13.4. The van der Waals surface area contributed by atoms with Crippen molar-refractivity contribution in [2.75, 3.05) is 39.4 Å². The van der Waals surface area contributed by atoms with Crippen LogP contribution in [0.5, 0.6) is 0 Å². The van der Waals surface area contributed by atoms with E-state index in [2.05, 4.69) is 41.9 Å². The zero-order valence-corrected chi connectivity index (χ0v) is 54.3. The summed E-state index contributed by atoms with van der Waals surface area (Å²) in [6.07, 6.45) is -26.8. The lowest BCUT2D eigenvalue weighted by atomic mass is 9.80. The highest BCUT2D eigenvalue weighted by Crippen LogP contribution is 2.41. The van der Waals surface area contributed by atoms with E-state index >= 15 is 0 Å². The van der Waals surface area contributed by atoms with Crippen LogP contribution in [-0.2, 0) is 57.1 Å². The Kier molecular flexibility index (Phi) is 24.6. The molecule has 100 heavy (non-hydrogen) atoms. The second kappa shape index (κ2) is 32.6. The van der Waals surface area contributed by atoms with Gasteiger partial charge in [-0.1, -0.05) is 23.8 Å². The van der Waals surface area contributed by atoms with Gasteiger partial charge < -0.3 is 105 Å². The summed E-state index contributed by atoms with van der Waals surface area (Å²) in [5.41, 5.74) is -1.05. The highest BCUT2D eigenvalue weighted by molar-refractivity contribution is 5.82. The van der Waals surface area contributed by atoms with Crippen LogP contribution in [0.1, 0.15) is 84.7 Å². The van der Waals surface area contributed by atoms with Gasteiger partial charge in [-0.15, -0.1) is 10.2 Å². The van der Waals surface area contributed by atoms with Gasteiger partial charge in [0.15, 0.2) is 53.8 Å². The number of aliphatic hydroxyl groups excluding tert-OH is 9. The van der Waals surface area contributed by atoms with Gasteiger partial charge in [0.1, 0.15) is 96.7 Å². The lowest BCUT2D eigenvalue weighted by molar-refractivity contribution is -0.335. The predicted molar refractivity (Wildman–Crippen MR) is 323 cm³/mol. The molecule has 13 N–H and O–H groups in total. The number of carbonyl (C=O) groups is 5. The maximum atomic E-state index is 14.6. The van der Waals surface area contributed by atoms with E-state index in [1.54, 1.807) is 11.8 Å². The molecule has 0 spiro atoms. The third kappa shape index (κ3) is 16.6. The van der Waals surface area contributed by atoms with Crippen molar-refractivity contribution in [2.24, 2.45) is 11.8 Å².